The van der Waals surface area contributed by atoms with Gasteiger partial charge in [-0.3, -0.25) is 14.4 Å². The Balaban J connectivity index is 1.87. The van der Waals surface area contributed by atoms with Gasteiger partial charge in [0.05, 0.1) is 26.7 Å². The molecular weight excluding hydrogens is 362 g/mol. The van der Waals surface area contributed by atoms with Crippen molar-refractivity contribution in [2.24, 2.45) is 5.92 Å². The minimum atomic E-state index is -0.830. The number of carbonyl (C=O) groups is 3. The van der Waals surface area contributed by atoms with Gasteiger partial charge in [-0.25, -0.2) is 0 Å². The predicted molar refractivity (Wildman–Crippen MR) is 104 cm³/mol. The zero-order valence-corrected chi connectivity index (χ0v) is 16.7. The topological polar surface area (TPSA) is 97.0 Å². The third-order valence-electron chi connectivity index (χ3n) is 4.35. The van der Waals surface area contributed by atoms with E-state index in [2.05, 4.69) is 10.6 Å². The molecule has 0 aliphatic carbocycles. The fourth-order valence-electron chi connectivity index (χ4n) is 2.85. The summed E-state index contributed by atoms with van der Waals surface area (Å²) in [4.78, 5) is 38.3. The van der Waals surface area contributed by atoms with Gasteiger partial charge in [-0.05, 0) is 23.6 Å². The van der Waals surface area contributed by atoms with Crippen LogP contribution < -0.4 is 15.4 Å². The second-order valence-electron chi connectivity index (χ2n) is 7.13. The van der Waals surface area contributed by atoms with E-state index in [1.807, 2.05) is 38.1 Å². The van der Waals surface area contributed by atoms with Crippen molar-refractivity contribution in [3.05, 3.63) is 29.8 Å². The van der Waals surface area contributed by atoms with Gasteiger partial charge >= 0.3 is 5.97 Å². The van der Waals surface area contributed by atoms with Crippen molar-refractivity contribution >= 4 is 17.8 Å². The number of hydrogen-bond acceptors (Lipinski definition) is 6. The first-order valence-electron chi connectivity index (χ1n) is 9.47. The summed E-state index contributed by atoms with van der Waals surface area (Å²) in [5, 5.41) is 5.79. The smallest absolute Gasteiger partial charge is 0.308 e. The molecule has 0 aromatic heterocycles. The molecule has 1 heterocycles. The second-order valence-corrected chi connectivity index (χ2v) is 7.13. The van der Waals surface area contributed by atoms with Crippen LogP contribution in [-0.4, -0.2) is 62.1 Å². The van der Waals surface area contributed by atoms with Crippen LogP contribution in [0.25, 0.3) is 0 Å². The number of carbonyl (C=O) groups excluding carboxylic acids is 3. The van der Waals surface area contributed by atoms with E-state index in [0.29, 0.717) is 26.2 Å². The van der Waals surface area contributed by atoms with Crippen LogP contribution in [0.15, 0.2) is 24.3 Å². The molecule has 2 amide bonds. The van der Waals surface area contributed by atoms with E-state index in [4.69, 9.17) is 9.47 Å². The second kappa shape index (κ2) is 10.7. The van der Waals surface area contributed by atoms with E-state index < -0.39 is 12.0 Å². The maximum absolute atomic E-state index is 12.6. The Labute approximate surface area is 165 Å². The summed E-state index contributed by atoms with van der Waals surface area (Å²) in [6.45, 7) is 5.51. The number of benzene rings is 1. The molecule has 1 atom stereocenters. The number of esters is 1. The maximum Gasteiger partial charge on any atom is 0.308 e. The van der Waals surface area contributed by atoms with Crippen molar-refractivity contribution in [1.29, 1.82) is 0 Å². The van der Waals surface area contributed by atoms with Gasteiger partial charge in [0, 0.05) is 19.6 Å². The minimum Gasteiger partial charge on any atom is -0.497 e. The Kier molecular flexibility index (Phi) is 8.25. The van der Waals surface area contributed by atoms with Gasteiger partial charge in [-0.2, -0.15) is 0 Å². The third kappa shape index (κ3) is 6.53. The highest BCUT2D eigenvalue weighted by Crippen LogP contribution is 2.12. The summed E-state index contributed by atoms with van der Waals surface area (Å²) < 4.78 is 10.3. The molecule has 1 saturated heterocycles. The van der Waals surface area contributed by atoms with Crippen LogP contribution >= 0.6 is 0 Å². The molecule has 1 aliphatic rings. The van der Waals surface area contributed by atoms with Gasteiger partial charge in [-0.15, -0.1) is 0 Å². The summed E-state index contributed by atoms with van der Waals surface area (Å²) in [5.41, 5.74) is 1.01. The van der Waals surface area contributed by atoms with Crippen LogP contribution in [-0.2, 0) is 25.7 Å². The van der Waals surface area contributed by atoms with Gasteiger partial charge in [0.25, 0.3) is 0 Å². The molecule has 8 heteroatoms. The summed E-state index contributed by atoms with van der Waals surface area (Å²) in [5.74, 6) is -0.0311. The van der Waals surface area contributed by atoms with E-state index in [-0.39, 0.29) is 30.7 Å². The molecule has 1 aliphatic heterocycles. The largest absolute Gasteiger partial charge is 0.497 e. The van der Waals surface area contributed by atoms with Crippen LogP contribution in [0.4, 0.5) is 0 Å². The highest BCUT2D eigenvalue weighted by atomic mass is 16.5. The Morgan fingerprint density at radius 3 is 2.64 bits per heavy atom. The zero-order chi connectivity index (χ0) is 20.5. The lowest BCUT2D eigenvalue weighted by Gasteiger charge is -2.34. The molecule has 0 saturated carbocycles. The molecule has 154 valence electrons. The van der Waals surface area contributed by atoms with Crippen molar-refractivity contribution in [2.45, 2.75) is 32.9 Å². The van der Waals surface area contributed by atoms with Gasteiger partial charge in [0.1, 0.15) is 11.8 Å². The van der Waals surface area contributed by atoms with Crippen LogP contribution in [0.5, 0.6) is 5.75 Å². The molecule has 2 N–H and O–H groups in total. The van der Waals surface area contributed by atoms with Crippen molar-refractivity contribution in [3.63, 3.8) is 0 Å². The number of rotatable bonds is 9. The average Bonchev–Trinajstić information content (AvgIpc) is 2.68. The van der Waals surface area contributed by atoms with Gasteiger partial charge in [0.2, 0.25) is 11.8 Å². The number of methoxy groups -OCH3 is 1. The molecular formula is C20H29N3O5. The number of ether oxygens (including phenoxy) is 2. The lowest BCUT2D eigenvalue weighted by Crippen LogP contribution is -2.59. The maximum atomic E-state index is 12.6. The van der Waals surface area contributed by atoms with E-state index >= 15 is 0 Å². The highest BCUT2D eigenvalue weighted by molar-refractivity contribution is 5.92. The fraction of sp³-hybridized carbons (Fsp3) is 0.550. The van der Waals surface area contributed by atoms with E-state index in [1.165, 1.54) is 4.90 Å². The van der Waals surface area contributed by atoms with E-state index in [9.17, 15) is 14.4 Å². The molecule has 0 radical (unpaired) electrons. The molecule has 0 spiro atoms. The summed E-state index contributed by atoms with van der Waals surface area (Å²) in [7, 11) is 1.61. The Morgan fingerprint density at radius 1 is 1.29 bits per heavy atom. The van der Waals surface area contributed by atoms with Gasteiger partial charge < -0.3 is 25.0 Å². The summed E-state index contributed by atoms with van der Waals surface area (Å²) in [6.07, 6.45) is -0.136. The number of hydrogen-bond donors (Lipinski definition) is 2. The normalized spacial score (nSPS) is 16.6. The van der Waals surface area contributed by atoms with Crippen LogP contribution in [0.1, 0.15) is 25.8 Å². The van der Waals surface area contributed by atoms with Crippen molar-refractivity contribution < 1.29 is 23.9 Å². The van der Waals surface area contributed by atoms with Crippen molar-refractivity contribution in [1.82, 2.24) is 15.5 Å². The molecule has 8 nitrogen and oxygen atoms in total. The molecule has 1 fully saturated rings. The van der Waals surface area contributed by atoms with E-state index in [1.54, 1.807) is 7.11 Å². The first-order chi connectivity index (χ1) is 13.4. The highest BCUT2D eigenvalue weighted by Gasteiger charge is 2.34. The standard InChI is InChI=1S/C20H29N3O5/c1-14(2)13-28-19(25)10-17-20(26)22-8-9-23(17)18(24)12-21-11-15-4-6-16(27-3)7-5-15/h4-7,14,17,21H,8-13H2,1-3H3,(H,22,26). The van der Waals surface area contributed by atoms with Crippen LogP contribution in [0, 0.1) is 5.92 Å². The molecule has 0 bridgehead atoms. The quantitative estimate of drug-likeness (QED) is 0.602. The molecule has 1 aromatic carbocycles. The van der Waals surface area contributed by atoms with Crippen molar-refractivity contribution in [3.8, 4) is 5.75 Å². The number of piperazine rings is 1. The molecule has 1 aromatic rings. The van der Waals surface area contributed by atoms with Crippen LogP contribution in [0.3, 0.4) is 0 Å². The lowest BCUT2D eigenvalue weighted by atomic mass is 10.1. The number of nitrogens with zero attached hydrogens (tertiary/aromatic N) is 1. The number of nitrogens with one attached hydrogen (secondary N) is 2. The first kappa shape index (κ1) is 21.7. The van der Waals surface area contributed by atoms with Gasteiger partial charge in [0.15, 0.2) is 0 Å². The summed E-state index contributed by atoms with van der Waals surface area (Å²) in [6, 6.07) is 6.71. The van der Waals surface area contributed by atoms with Crippen molar-refractivity contribution in [2.75, 3.05) is 33.4 Å². The molecule has 2 rings (SSSR count). The lowest BCUT2D eigenvalue weighted by molar-refractivity contribution is -0.152. The first-order valence-corrected chi connectivity index (χ1v) is 9.47. The van der Waals surface area contributed by atoms with Crippen LogP contribution in [0.2, 0.25) is 0 Å². The minimum absolute atomic E-state index is 0.0802. The zero-order valence-electron chi connectivity index (χ0n) is 16.7. The SMILES string of the molecule is COc1ccc(CNCC(=O)N2CCNC(=O)C2CC(=O)OCC(C)C)cc1. The Bertz CT molecular complexity index is 675. The predicted octanol–water partition coefficient (Wildman–Crippen LogP) is 0.701. The monoisotopic (exact) mass is 391 g/mol. The third-order valence-corrected chi connectivity index (χ3v) is 4.35. The Morgan fingerprint density at radius 2 is 2.00 bits per heavy atom. The van der Waals surface area contributed by atoms with Gasteiger partial charge in [-0.1, -0.05) is 26.0 Å². The molecule has 28 heavy (non-hydrogen) atoms. The van der Waals surface area contributed by atoms with E-state index in [0.717, 1.165) is 11.3 Å². The summed E-state index contributed by atoms with van der Waals surface area (Å²) >= 11 is 0. The fourth-order valence-corrected chi connectivity index (χ4v) is 2.85. The average molecular weight is 391 g/mol. The number of amides is 2. The molecule has 1 unspecified atom stereocenters. The Hall–Kier alpha value is -2.61.